The van der Waals surface area contributed by atoms with Gasteiger partial charge in [0.05, 0.1) is 16.4 Å². The molecule has 5 heteroatoms. The van der Waals surface area contributed by atoms with E-state index in [-0.39, 0.29) is 11.4 Å². The van der Waals surface area contributed by atoms with Crippen LogP contribution >= 0.6 is 22.9 Å². The third-order valence-corrected chi connectivity index (χ3v) is 4.91. The van der Waals surface area contributed by atoms with Gasteiger partial charge in [0, 0.05) is 11.9 Å². The van der Waals surface area contributed by atoms with Gasteiger partial charge < -0.3 is 10.2 Å². The Bertz CT molecular complexity index is 440. The van der Waals surface area contributed by atoms with Gasteiger partial charge in [0.1, 0.15) is 0 Å². The van der Waals surface area contributed by atoms with E-state index >= 15 is 0 Å². The van der Waals surface area contributed by atoms with E-state index in [2.05, 4.69) is 12.2 Å². The van der Waals surface area contributed by atoms with E-state index in [0.717, 1.165) is 41.4 Å². The molecule has 19 heavy (non-hydrogen) atoms. The minimum absolute atomic E-state index is 0.219. The minimum Gasteiger partial charge on any atom is -0.339 e. The van der Waals surface area contributed by atoms with E-state index in [4.69, 9.17) is 11.6 Å². The number of halogens is 1. The number of hydrogen-bond donors (Lipinski definition) is 1. The monoisotopic (exact) mass is 300 g/mol. The number of thiophene rings is 1. The molecule has 1 aliphatic heterocycles. The van der Waals surface area contributed by atoms with Gasteiger partial charge in [-0.15, -0.1) is 11.3 Å². The summed E-state index contributed by atoms with van der Waals surface area (Å²) in [6.07, 6.45) is 3.98. The van der Waals surface area contributed by atoms with Crippen LogP contribution < -0.4 is 5.32 Å². The summed E-state index contributed by atoms with van der Waals surface area (Å²) in [6.45, 7) is 3.72. The van der Waals surface area contributed by atoms with Crippen molar-refractivity contribution in [1.29, 1.82) is 0 Å². The fourth-order valence-corrected chi connectivity index (χ4v) is 3.98. The van der Waals surface area contributed by atoms with E-state index in [1.807, 2.05) is 24.1 Å². The lowest BCUT2D eigenvalue weighted by Crippen LogP contribution is -2.53. The van der Waals surface area contributed by atoms with Gasteiger partial charge in [0.15, 0.2) is 0 Å². The normalized spacial score (nSPS) is 22.7. The molecule has 0 aromatic carbocycles. The fraction of sp³-hybridized carbons (Fsp3) is 0.643. The molecule has 1 fully saturated rings. The van der Waals surface area contributed by atoms with Crippen LogP contribution in [-0.2, 0) is 11.3 Å². The zero-order valence-electron chi connectivity index (χ0n) is 11.5. The SMILES string of the molecule is CCCC1(C(=O)N(C)Cc2ccc(Cl)s2)CCCN1. The van der Waals surface area contributed by atoms with E-state index < -0.39 is 0 Å². The molecule has 106 valence electrons. The third kappa shape index (κ3) is 3.30. The maximum atomic E-state index is 12.7. The maximum absolute atomic E-state index is 12.7. The van der Waals surface area contributed by atoms with Gasteiger partial charge >= 0.3 is 0 Å². The Morgan fingerprint density at radius 1 is 1.58 bits per heavy atom. The first-order chi connectivity index (χ1) is 9.07. The summed E-state index contributed by atoms with van der Waals surface area (Å²) in [7, 11) is 1.88. The average molecular weight is 301 g/mol. The molecule has 0 aliphatic carbocycles. The van der Waals surface area contributed by atoms with Crippen molar-refractivity contribution in [2.24, 2.45) is 0 Å². The molecule has 0 radical (unpaired) electrons. The Balaban J connectivity index is 2.04. The topological polar surface area (TPSA) is 32.3 Å². The summed E-state index contributed by atoms with van der Waals surface area (Å²) < 4.78 is 0.776. The standard InChI is InChI=1S/C14H21ClN2OS/c1-3-7-14(8-4-9-16-14)13(18)17(2)10-11-5-6-12(15)19-11/h5-6,16H,3-4,7-10H2,1-2H3. The van der Waals surface area contributed by atoms with Crippen molar-refractivity contribution in [2.75, 3.05) is 13.6 Å². The van der Waals surface area contributed by atoms with Crippen LogP contribution in [0.25, 0.3) is 0 Å². The molecule has 2 rings (SSSR count). The number of nitrogens with zero attached hydrogens (tertiary/aromatic N) is 1. The zero-order chi connectivity index (χ0) is 13.9. The van der Waals surface area contributed by atoms with Crippen molar-refractivity contribution in [3.05, 3.63) is 21.3 Å². The number of carbonyl (C=O) groups excluding carboxylic acids is 1. The maximum Gasteiger partial charge on any atom is 0.242 e. The lowest BCUT2D eigenvalue weighted by molar-refractivity contribution is -0.137. The first-order valence-electron chi connectivity index (χ1n) is 6.82. The van der Waals surface area contributed by atoms with Crippen LogP contribution in [0.15, 0.2) is 12.1 Å². The van der Waals surface area contributed by atoms with Crippen molar-refractivity contribution in [2.45, 2.75) is 44.7 Å². The van der Waals surface area contributed by atoms with Crippen molar-refractivity contribution < 1.29 is 4.79 Å². The molecule has 0 spiro atoms. The molecular formula is C14H21ClN2OS. The van der Waals surface area contributed by atoms with Crippen molar-refractivity contribution >= 4 is 28.8 Å². The highest BCUT2D eigenvalue weighted by atomic mass is 35.5. The van der Waals surface area contributed by atoms with Crippen LogP contribution in [0.1, 0.15) is 37.5 Å². The second-order valence-corrected chi connectivity index (χ2v) is 7.03. The summed E-state index contributed by atoms with van der Waals surface area (Å²) in [5.41, 5.74) is -0.329. The highest BCUT2D eigenvalue weighted by Crippen LogP contribution is 2.28. The first-order valence-corrected chi connectivity index (χ1v) is 8.01. The van der Waals surface area contributed by atoms with E-state index in [0.29, 0.717) is 6.54 Å². The van der Waals surface area contributed by atoms with Crippen molar-refractivity contribution in [1.82, 2.24) is 10.2 Å². The predicted molar refractivity (Wildman–Crippen MR) is 80.7 cm³/mol. The predicted octanol–water partition coefficient (Wildman–Crippen LogP) is 3.28. The van der Waals surface area contributed by atoms with Crippen molar-refractivity contribution in [3.63, 3.8) is 0 Å². The Morgan fingerprint density at radius 2 is 2.37 bits per heavy atom. The number of likely N-dealkylation sites (N-methyl/N-ethyl adjacent to an activating group) is 1. The molecular weight excluding hydrogens is 280 g/mol. The van der Waals surface area contributed by atoms with Gasteiger partial charge in [-0.2, -0.15) is 0 Å². The molecule has 1 atom stereocenters. The molecule has 1 aliphatic rings. The van der Waals surface area contributed by atoms with Crippen LogP contribution in [0, 0.1) is 0 Å². The summed E-state index contributed by atoms with van der Waals surface area (Å²) >= 11 is 7.47. The van der Waals surface area contributed by atoms with Gasteiger partial charge in [-0.3, -0.25) is 4.79 Å². The van der Waals surface area contributed by atoms with Gasteiger partial charge in [-0.05, 0) is 37.9 Å². The fourth-order valence-electron chi connectivity index (χ4n) is 2.84. The van der Waals surface area contributed by atoms with Gasteiger partial charge in [0.2, 0.25) is 5.91 Å². The van der Waals surface area contributed by atoms with E-state index in [1.165, 1.54) is 11.3 Å². The summed E-state index contributed by atoms with van der Waals surface area (Å²) in [5, 5.41) is 3.43. The van der Waals surface area contributed by atoms with Crippen LogP contribution in [0.4, 0.5) is 0 Å². The van der Waals surface area contributed by atoms with Crippen molar-refractivity contribution in [3.8, 4) is 0 Å². The average Bonchev–Trinajstić information content (AvgIpc) is 2.99. The molecule has 0 saturated carbocycles. The number of amides is 1. The van der Waals surface area contributed by atoms with Gasteiger partial charge in [0.25, 0.3) is 0 Å². The summed E-state index contributed by atoms with van der Waals surface area (Å²) in [4.78, 5) is 15.7. The van der Waals surface area contributed by atoms with Crippen LogP contribution in [0.2, 0.25) is 4.34 Å². The second kappa shape index (κ2) is 6.25. The van der Waals surface area contributed by atoms with Crippen LogP contribution in [0.5, 0.6) is 0 Å². The highest BCUT2D eigenvalue weighted by Gasteiger charge is 2.41. The Kier molecular flexibility index (Phi) is 4.87. The van der Waals surface area contributed by atoms with E-state index in [9.17, 15) is 4.79 Å². The Morgan fingerprint density at radius 3 is 2.89 bits per heavy atom. The summed E-state index contributed by atoms with van der Waals surface area (Å²) in [5.74, 6) is 0.219. The minimum atomic E-state index is -0.329. The molecule has 1 amide bonds. The molecule has 1 aromatic rings. The second-order valence-electron chi connectivity index (χ2n) is 5.23. The number of rotatable bonds is 5. The smallest absolute Gasteiger partial charge is 0.242 e. The molecule has 1 aromatic heterocycles. The van der Waals surface area contributed by atoms with Gasteiger partial charge in [-0.1, -0.05) is 24.9 Å². The van der Waals surface area contributed by atoms with Crippen LogP contribution in [0.3, 0.4) is 0 Å². The largest absolute Gasteiger partial charge is 0.339 e. The summed E-state index contributed by atoms with van der Waals surface area (Å²) in [6, 6.07) is 3.88. The molecule has 1 unspecified atom stereocenters. The van der Waals surface area contributed by atoms with Gasteiger partial charge in [-0.25, -0.2) is 0 Å². The van der Waals surface area contributed by atoms with Crippen LogP contribution in [-0.4, -0.2) is 29.9 Å². The highest BCUT2D eigenvalue weighted by molar-refractivity contribution is 7.16. The molecule has 2 heterocycles. The first kappa shape index (κ1) is 14.8. The Labute approximate surface area is 123 Å². The molecule has 1 saturated heterocycles. The lowest BCUT2D eigenvalue weighted by Gasteiger charge is -2.32. The van der Waals surface area contributed by atoms with E-state index in [1.54, 1.807) is 0 Å². The zero-order valence-corrected chi connectivity index (χ0v) is 13.1. The number of carbonyl (C=O) groups is 1. The lowest BCUT2D eigenvalue weighted by atomic mass is 9.90. The quantitative estimate of drug-likeness (QED) is 0.905. The number of nitrogens with one attached hydrogen (secondary N) is 1. The molecule has 0 bridgehead atoms. The Hall–Kier alpha value is -0.580. The molecule has 1 N–H and O–H groups in total. The molecule has 3 nitrogen and oxygen atoms in total. The third-order valence-electron chi connectivity index (χ3n) is 3.70. The number of hydrogen-bond acceptors (Lipinski definition) is 3.